The summed E-state index contributed by atoms with van der Waals surface area (Å²) >= 11 is 7.84. The summed E-state index contributed by atoms with van der Waals surface area (Å²) in [6.07, 6.45) is 2.09. The highest BCUT2D eigenvalue weighted by atomic mass is 35.5. The van der Waals surface area contributed by atoms with Crippen LogP contribution in [0.25, 0.3) is 17.1 Å². The topological polar surface area (TPSA) is 95.1 Å². The number of rotatable bonds is 10. The lowest BCUT2D eigenvalue weighted by Gasteiger charge is -2.10. The molecule has 0 saturated carbocycles. The van der Waals surface area contributed by atoms with Gasteiger partial charge in [-0.25, -0.2) is 4.98 Å². The fraction of sp³-hybridized carbons (Fsp3) is 0.217. The van der Waals surface area contributed by atoms with E-state index in [9.17, 15) is 4.79 Å². The number of carbonyl (C=O) groups is 1. The highest BCUT2D eigenvalue weighted by molar-refractivity contribution is 7.98. The Labute approximate surface area is 200 Å². The maximum Gasteiger partial charge on any atom is 0.273 e. The molecule has 0 bridgehead atoms. The summed E-state index contributed by atoms with van der Waals surface area (Å²) in [4.78, 5) is 16.5. The third kappa shape index (κ3) is 5.62. The number of benzene rings is 2. The van der Waals surface area contributed by atoms with Gasteiger partial charge < -0.3 is 14.5 Å². The molecule has 170 valence electrons. The van der Waals surface area contributed by atoms with Crippen LogP contribution in [0.5, 0.6) is 0 Å². The van der Waals surface area contributed by atoms with Crippen molar-refractivity contribution in [2.24, 2.45) is 0 Å². The number of amides is 1. The van der Waals surface area contributed by atoms with E-state index in [4.69, 9.17) is 20.8 Å². The molecule has 2 aromatic carbocycles. The van der Waals surface area contributed by atoms with Crippen LogP contribution >= 0.6 is 23.4 Å². The van der Waals surface area contributed by atoms with E-state index < -0.39 is 0 Å². The Morgan fingerprint density at radius 3 is 2.73 bits per heavy atom. The second-order valence-corrected chi connectivity index (χ2v) is 8.32. The van der Waals surface area contributed by atoms with Crippen LogP contribution in [0, 0.1) is 0 Å². The van der Waals surface area contributed by atoms with Crippen LogP contribution in [0.15, 0.2) is 70.4 Å². The molecule has 1 amide bonds. The van der Waals surface area contributed by atoms with Gasteiger partial charge in [0.2, 0.25) is 5.89 Å². The molecule has 0 spiro atoms. The number of aromatic nitrogens is 4. The number of oxazole rings is 1. The molecule has 0 saturated heterocycles. The van der Waals surface area contributed by atoms with Gasteiger partial charge >= 0.3 is 0 Å². The van der Waals surface area contributed by atoms with Gasteiger partial charge in [-0.2, -0.15) is 0 Å². The van der Waals surface area contributed by atoms with E-state index in [1.165, 1.54) is 18.0 Å². The van der Waals surface area contributed by atoms with Gasteiger partial charge in [0, 0.05) is 31.5 Å². The zero-order chi connectivity index (χ0) is 23.0. The Kier molecular flexibility index (Phi) is 7.77. The summed E-state index contributed by atoms with van der Waals surface area (Å²) in [6, 6.07) is 17.3. The SMILES string of the molecule is COCCCNC(=O)c1coc(CSc2nnc(-c3ccccc3Cl)n2-c2ccccc2)n1. The van der Waals surface area contributed by atoms with Crippen LogP contribution in [0.2, 0.25) is 5.02 Å². The molecule has 0 aliphatic carbocycles. The molecule has 0 radical (unpaired) electrons. The quantitative estimate of drug-likeness (QED) is 0.259. The minimum Gasteiger partial charge on any atom is -0.447 e. The molecule has 1 N–H and O–H groups in total. The first-order chi connectivity index (χ1) is 16.2. The molecule has 2 aromatic heterocycles. The van der Waals surface area contributed by atoms with Crippen molar-refractivity contribution >= 4 is 29.3 Å². The highest BCUT2D eigenvalue weighted by Gasteiger charge is 2.19. The number of para-hydroxylation sites is 1. The fourth-order valence-corrected chi connectivity index (χ4v) is 4.13. The van der Waals surface area contributed by atoms with E-state index in [1.807, 2.05) is 59.2 Å². The minimum absolute atomic E-state index is 0.240. The van der Waals surface area contributed by atoms with Crippen LogP contribution in [0.4, 0.5) is 0 Å². The van der Waals surface area contributed by atoms with Crippen molar-refractivity contribution in [2.45, 2.75) is 17.3 Å². The summed E-state index contributed by atoms with van der Waals surface area (Å²) < 4.78 is 12.4. The number of hydrogen-bond acceptors (Lipinski definition) is 7. The Hall–Kier alpha value is -3.14. The summed E-state index contributed by atoms with van der Waals surface area (Å²) in [6.45, 7) is 1.09. The molecule has 4 rings (SSSR count). The zero-order valence-corrected chi connectivity index (χ0v) is 19.5. The smallest absolute Gasteiger partial charge is 0.273 e. The standard InChI is InChI=1S/C23H22ClN5O3S/c1-31-13-7-12-25-22(30)19-14-32-20(26-19)15-33-23-28-27-21(17-10-5-6-11-18(17)24)29(23)16-8-3-2-4-9-16/h2-6,8-11,14H,7,12-13,15H2,1H3,(H,25,30). The first-order valence-electron chi connectivity index (χ1n) is 10.3. The summed E-state index contributed by atoms with van der Waals surface area (Å²) in [5.41, 5.74) is 1.93. The number of carbonyl (C=O) groups excluding carboxylic acids is 1. The maximum absolute atomic E-state index is 12.2. The van der Waals surface area contributed by atoms with Crippen molar-refractivity contribution in [3.63, 3.8) is 0 Å². The number of ether oxygens (including phenoxy) is 1. The van der Waals surface area contributed by atoms with Gasteiger partial charge in [0.15, 0.2) is 16.7 Å². The summed E-state index contributed by atoms with van der Waals surface area (Å²) in [7, 11) is 1.62. The van der Waals surface area contributed by atoms with E-state index >= 15 is 0 Å². The third-order valence-corrected chi connectivity index (χ3v) is 5.93. The van der Waals surface area contributed by atoms with E-state index in [2.05, 4.69) is 20.5 Å². The van der Waals surface area contributed by atoms with Gasteiger partial charge in [-0.3, -0.25) is 9.36 Å². The Bertz CT molecular complexity index is 1210. The normalized spacial score (nSPS) is 11.0. The van der Waals surface area contributed by atoms with Crippen molar-refractivity contribution in [3.05, 3.63) is 77.5 Å². The van der Waals surface area contributed by atoms with Crippen LogP contribution in [-0.4, -0.2) is 45.9 Å². The largest absolute Gasteiger partial charge is 0.447 e. The second kappa shape index (κ2) is 11.1. The van der Waals surface area contributed by atoms with Gasteiger partial charge in [-0.05, 0) is 30.7 Å². The lowest BCUT2D eigenvalue weighted by Crippen LogP contribution is -2.25. The molecule has 0 aliphatic heterocycles. The minimum atomic E-state index is -0.278. The lowest BCUT2D eigenvalue weighted by atomic mass is 10.2. The van der Waals surface area contributed by atoms with E-state index in [-0.39, 0.29) is 11.6 Å². The molecule has 0 atom stereocenters. The predicted molar refractivity (Wildman–Crippen MR) is 127 cm³/mol. The van der Waals surface area contributed by atoms with Gasteiger partial charge in [0.05, 0.1) is 10.8 Å². The van der Waals surface area contributed by atoms with Crippen molar-refractivity contribution in [2.75, 3.05) is 20.3 Å². The predicted octanol–water partition coefficient (Wildman–Crippen LogP) is 4.63. The third-order valence-electron chi connectivity index (χ3n) is 4.68. The van der Waals surface area contributed by atoms with Gasteiger partial charge in [0.1, 0.15) is 6.26 Å². The fourth-order valence-electron chi connectivity index (χ4n) is 3.11. The number of hydrogen-bond donors (Lipinski definition) is 1. The number of halogens is 1. The number of thioether (sulfide) groups is 1. The summed E-state index contributed by atoms with van der Waals surface area (Å²) in [5.74, 6) is 1.16. The van der Waals surface area contributed by atoms with Crippen molar-refractivity contribution in [3.8, 4) is 17.1 Å². The molecular formula is C23H22ClN5O3S. The summed E-state index contributed by atoms with van der Waals surface area (Å²) in [5, 5.41) is 12.8. The molecular weight excluding hydrogens is 462 g/mol. The molecule has 0 unspecified atom stereocenters. The monoisotopic (exact) mass is 483 g/mol. The van der Waals surface area contributed by atoms with Crippen LogP contribution < -0.4 is 5.32 Å². The van der Waals surface area contributed by atoms with Crippen LogP contribution in [-0.2, 0) is 10.5 Å². The van der Waals surface area contributed by atoms with Gasteiger partial charge in [-0.1, -0.05) is 53.7 Å². The average Bonchev–Trinajstić information content (AvgIpc) is 3.48. The van der Waals surface area contributed by atoms with Crippen molar-refractivity contribution in [1.29, 1.82) is 0 Å². The van der Waals surface area contributed by atoms with E-state index in [0.717, 1.165) is 17.7 Å². The molecule has 0 aliphatic rings. The van der Waals surface area contributed by atoms with Gasteiger partial charge in [0.25, 0.3) is 5.91 Å². The molecule has 10 heteroatoms. The lowest BCUT2D eigenvalue weighted by molar-refractivity contribution is 0.0943. The number of nitrogens with zero attached hydrogens (tertiary/aromatic N) is 4. The zero-order valence-electron chi connectivity index (χ0n) is 17.9. The second-order valence-electron chi connectivity index (χ2n) is 6.97. The Balaban J connectivity index is 1.52. The van der Waals surface area contributed by atoms with Gasteiger partial charge in [-0.15, -0.1) is 10.2 Å². The van der Waals surface area contributed by atoms with E-state index in [0.29, 0.717) is 40.8 Å². The maximum atomic E-state index is 12.2. The molecule has 0 fully saturated rings. The molecule has 4 aromatic rings. The number of methoxy groups -OCH3 is 1. The number of nitrogens with one attached hydrogen (secondary N) is 1. The Morgan fingerprint density at radius 1 is 1.15 bits per heavy atom. The first kappa shape index (κ1) is 23.0. The molecule has 8 nitrogen and oxygen atoms in total. The van der Waals surface area contributed by atoms with Crippen molar-refractivity contribution < 1.29 is 13.9 Å². The van der Waals surface area contributed by atoms with Crippen molar-refractivity contribution in [1.82, 2.24) is 25.1 Å². The molecule has 33 heavy (non-hydrogen) atoms. The average molecular weight is 484 g/mol. The molecule has 2 heterocycles. The first-order valence-corrected chi connectivity index (χ1v) is 11.6. The van der Waals surface area contributed by atoms with E-state index in [1.54, 1.807) is 7.11 Å². The van der Waals surface area contributed by atoms with Crippen LogP contribution in [0.1, 0.15) is 22.8 Å². The Morgan fingerprint density at radius 2 is 1.94 bits per heavy atom. The van der Waals surface area contributed by atoms with Crippen LogP contribution in [0.3, 0.4) is 0 Å². The highest BCUT2D eigenvalue weighted by Crippen LogP contribution is 2.32.